The van der Waals surface area contributed by atoms with Gasteiger partial charge in [-0.3, -0.25) is 0 Å². The summed E-state index contributed by atoms with van der Waals surface area (Å²) in [6, 6.07) is 0. The highest BCUT2D eigenvalue weighted by Crippen LogP contribution is 2.12. The van der Waals surface area contributed by atoms with Crippen LogP contribution in [0.1, 0.15) is 5.69 Å². The quantitative estimate of drug-likeness (QED) is 0.652. The van der Waals surface area contributed by atoms with E-state index >= 15 is 0 Å². The Morgan fingerprint density at radius 2 is 2.21 bits per heavy atom. The second-order valence-corrected chi connectivity index (χ2v) is 2.36. The fourth-order valence-electron chi connectivity index (χ4n) is 0.801. The van der Waals surface area contributed by atoms with Crippen LogP contribution >= 0.6 is 0 Å². The molecule has 0 saturated heterocycles. The van der Waals surface area contributed by atoms with Crippen molar-refractivity contribution in [2.24, 2.45) is 5.73 Å². The summed E-state index contributed by atoms with van der Waals surface area (Å²) >= 11 is 0. The lowest BCUT2D eigenvalue weighted by Crippen LogP contribution is -2.09. The van der Waals surface area contributed by atoms with Crippen molar-refractivity contribution in [3.8, 4) is 5.88 Å². The predicted octanol–water partition coefficient (Wildman–Crippen LogP) is -0.131. The highest BCUT2D eigenvalue weighted by molar-refractivity contribution is 5.90. The Morgan fingerprint density at radius 1 is 1.57 bits per heavy atom. The van der Waals surface area contributed by atoms with E-state index in [9.17, 15) is 4.79 Å². The van der Waals surface area contributed by atoms with Crippen LogP contribution in [0.5, 0.6) is 5.88 Å². The van der Waals surface area contributed by atoms with Crippen LogP contribution in [0.3, 0.4) is 0 Å². The fraction of sp³-hybridized carbons (Fsp3) is 0.125. The first kappa shape index (κ1) is 9.97. The Hall–Kier alpha value is -2.11. The summed E-state index contributed by atoms with van der Waals surface area (Å²) in [7, 11) is 1.41. The zero-order valence-electron chi connectivity index (χ0n) is 7.47. The number of nitrogens with zero attached hydrogens (tertiary/aromatic N) is 2. The number of carboxylic acid groups (broad SMARTS) is 1. The number of carbonyl (C=O) groups is 1. The van der Waals surface area contributed by atoms with E-state index in [1.54, 1.807) is 0 Å². The summed E-state index contributed by atoms with van der Waals surface area (Å²) < 4.78 is 4.86. The molecule has 0 aliphatic heterocycles. The van der Waals surface area contributed by atoms with Gasteiger partial charge in [-0.15, -0.1) is 0 Å². The van der Waals surface area contributed by atoms with Gasteiger partial charge in [0.2, 0.25) is 5.88 Å². The van der Waals surface area contributed by atoms with Crippen LogP contribution in [-0.2, 0) is 4.79 Å². The zero-order valence-corrected chi connectivity index (χ0v) is 7.47. The average Bonchev–Trinajstić information content (AvgIpc) is 2.18. The minimum absolute atomic E-state index is 0.233. The third-order valence-corrected chi connectivity index (χ3v) is 1.42. The second-order valence-electron chi connectivity index (χ2n) is 2.36. The smallest absolute Gasteiger partial charge is 0.351 e. The van der Waals surface area contributed by atoms with Crippen LogP contribution < -0.4 is 10.5 Å². The highest BCUT2D eigenvalue weighted by atomic mass is 16.5. The van der Waals surface area contributed by atoms with Gasteiger partial charge in [-0.2, -0.15) is 0 Å². The lowest BCUT2D eigenvalue weighted by Gasteiger charge is -2.01. The molecule has 0 fully saturated rings. The molecule has 0 saturated carbocycles. The van der Waals surface area contributed by atoms with Crippen LogP contribution in [0.25, 0.3) is 6.08 Å². The van der Waals surface area contributed by atoms with Crippen molar-refractivity contribution in [1.29, 1.82) is 0 Å². The van der Waals surface area contributed by atoms with Crippen LogP contribution in [0, 0.1) is 0 Å². The minimum atomic E-state index is -1.21. The fourth-order valence-corrected chi connectivity index (χ4v) is 0.801. The van der Waals surface area contributed by atoms with Crippen molar-refractivity contribution < 1.29 is 14.6 Å². The number of rotatable bonds is 3. The van der Waals surface area contributed by atoms with Gasteiger partial charge in [0.15, 0.2) is 0 Å². The standard InChI is InChI=1S/C8H9N3O3/c1-14-7-6(10-2-3-11-7)4-5(9)8(12)13/h2-4H,9H2,1H3,(H,12,13)/b5-4+. The molecule has 0 radical (unpaired) electrons. The number of hydrogen-bond acceptors (Lipinski definition) is 5. The number of aromatic nitrogens is 2. The molecule has 1 aromatic heterocycles. The van der Waals surface area contributed by atoms with Crippen LogP contribution in [0.15, 0.2) is 18.1 Å². The van der Waals surface area contributed by atoms with Gasteiger partial charge >= 0.3 is 5.97 Å². The summed E-state index contributed by atoms with van der Waals surface area (Å²) in [6.07, 6.45) is 4.05. The Morgan fingerprint density at radius 3 is 2.79 bits per heavy atom. The predicted molar refractivity (Wildman–Crippen MR) is 48.4 cm³/mol. The summed E-state index contributed by atoms with van der Waals surface area (Å²) in [6.45, 7) is 0. The van der Waals surface area contributed by atoms with E-state index in [0.29, 0.717) is 0 Å². The summed E-state index contributed by atoms with van der Waals surface area (Å²) in [5, 5.41) is 8.52. The van der Waals surface area contributed by atoms with Gasteiger partial charge in [-0.05, 0) is 6.08 Å². The number of carboxylic acids is 1. The van der Waals surface area contributed by atoms with Crippen molar-refractivity contribution in [3.63, 3.8) is 0 Å². The summed E-state index contributed by atoms with van der Waals surface area (Å²) in [5.41, 5.74) is 5.18. The monoisotopic (exact) mass is 195 g/mol. The normalized spacial score (nSPS) is 11.1. The Labute approximate surface area is 80.1 Å². The van der Waals surface area contributed by atoms with E-state index in [1.165, 1.54) is 25.6 Å². The summed E-state index contributed by atoms with van der Waals surface area (Å²) in [4.78, 5) is 18.1. The maximum absolute atomic E-state index is 10.4. The van der Waals surface area contributed by atoms with E-state index in [1.807, 2.05) is 0 Å². The average molecular weight is 195 g/mol. The first-order valence-electron chi connectivity index (χ1n) is 3.70. The zero-order chi connectivity index (χ0) is 10.6. The largest absolute Gasteiger partial charge is 0.479 e. The molecule has 6 nitrogen and oxygen atoms in total. The molecule has 74 valence electrons. The molecular weight excluding hydrogens is 186 g/mol. The third-order valence-electron chi connectivity index (χ3n) is 1.42. The molecule has 14 heavy (non-hydrogen) atoms. The molecule has 1 aromatic rings. The van der Waals surface area contributed by atoms with Gasteiger partial charge in [-0.1, -0.05) is 0 Å². The molecule has 0 aliphatic rings. The maximum atomic E-state index is 10.4. The lowest BCUT2D eigenvalue weighted by molar-refractivity contribution is -0.132. The molecule has 6 heteroatoms. The van der Waals surface area contributed by atoms with Crippen molar-refractivity contribution >= 4 is 12.0 Å². The molecule has 0 unspecified atom stereocenters. The van der Waals surface area contributed by atoms with Gasteiger partial charge in [-0.25, -0.2) is 14.8 Å². The van der Waals surface area contributed by atoms with Gasteiger partial charge in [0.1, 0.15) is 11.4 Å². The second kappa shape index (κ2) is 4.22. The van der Waals surface area contributed by atoms with Crippen LogP contribution in [-0.4, -0.2) is 28.2 Å². The van der Waals surface area contributed by atoms with Crippen LogP contribution in [0.2, 0.25) is 0 Å². The van der Waals surface area contributed by atoms with Crippen molar-refractivity contribution in [3.05, 3.63) is 23.8 Å². The molecule has 0 spiro atoms. The lowest BCUT2D eigenvalue weighted by atomic mass is 10.3. The van der Waals surface area contributed by atoms with E-state index < -0.39 is 5.97 Å². The molecule has 0 atom stereocenters. The molecule has 3 N–H and O–H groups in total. The van der Waals surface area contributed by atoms with E-state index in [2.05, 4.69) is 9.97 Å². The molecular formula is C8H9N3O3. The molecule has 0 aliphatic carbocycles. The molecule has 0 bridgehead atoms. The number of methoxy groups -OCH3 is 1. The first-order chi connectivity index (χ1) is 6.65. The van der Waals surface area contributed by atoms with Crippen LogP contribution in [0.4, 0.5) is 0 Å². The SMILES string of the molecule is COc1nccnc1/C=C(/N)C(=O)O. The maximum Gasteiger partial charge on any atom is 0.351 e. The topological polar surface area (TPSA) is 98.3 Å². The number of hydrogen-bond donors (Lipinski definition) is 2. The van der Waals surface area contributed by atoms with Crippen molar-refractivity contribution in [1.82, 2.24) is 9.97 Å². The first-order valence-corrected chi connectivity index (χ1v) is 3.70. The van der Waals surface area contributed by atoms with Crippen molar-refractivity contribution in [2.75, 3.05) is 7.11 Å². The summed E-state index contributed by atoms with van der Waals surface area (Å²) in [5.74, 6) is -0.977. The Bertz CT molecular complexity index is 376. The van der Waals surface area contributed by atoms with E-state index in [-0.39, 0.29) is 17.3 Å². The molecule has 1 rings (SSSR count). The van der Waals surface area contributed by atoms with Gasteiger partial charge in [0, 0.05) is 12.4 Å². The van der Waals surface area contributed by atoms with E-state index in [0.717, 1.165) is 0 Å². The Kier molecular flexibility index (Phi) is 3.01. The number of nitrogens with two attached hydrogens (primary N) is 1. The Balaban J connectivity index is 3.07. The molecule has 0 aromatic carbocycles. The van der Waals surface area contributed by atoms with Gasteiger partial charge < -0.3 is 15.6 Å². The third kappa shape index (κ3) is 2.19. The van der Waals surface area contributed by atoms with E-state index in [4.69, 9.17) is 15.6 Å². The van der Waals surface area contributed by atoms with Crippen molar-refractivity contribution in [2.45, 2.75) is 0 Å². The molecule has 1 heterocycles. The minimum Gasteiger partial charge on any atom is -0.479 e. The van der Waals surface area contributed by atoms with Gasteiger partial charge in [0.25, 0.3) is 0 Å². The molecule has 0 amide bonds. The number of aliphatic carboxylic acids is 1. The van der Waals surface area contributed by atoms with Gasteiger partial charge in [0.05, 0.1) is 7.11 Å². The highest BCUT2D eigenvalue weighted by Gasteiger charge is 2.06. The number of ether oxygens (including phenoxy) is 1.